The van der Waals surface area contributed by atoms with Crippen molar-refractivity contribution in [1.82, 2.24) is 10.3 Å². The summed E-state index contributed by atoms with van der Waals surface area (Å²) in [4.78, 5) is 39.2. The molecule has 1 aliphatic rings. The second-order valence-corrected chi connectivity index (χ2v) is 7.23. The van der Waals surface area contributed by atoms with Crippen LogP contribution in [0.15, 0.2) is 42.6 Å². The Balaban J connectivity index is 1.64. The van der Waals surface area contributed by atoms with E-state index in [1.54, 1.807) is 30.3 Å². The van der Waals surface area contributed by atoms with Gasteiger partial charge in [0.2, 0.25) is 5.91 Å². The van der Waals surface area contributed by atoms with Crippen LogP contribution < -0.4 is 15.4 Å². The van der Waals surface area contributed by atoms with Gasteiger partial charge in [0, 0.05) is 37.5 Å². The number of anilines is 1. The summed E-state index contributed by atoms with van der Waals surface area (Å²) in [6.07, 6.45) is 4.14. The highest BCUT2D eigenvalue weighted by molar-refractivity contribution is 5.92. The number of pyridine rings is 1. The van der Waals surface area contributed by atoms with Gasteiger partial charge in [0.05, 0.1) is 6.42 Å². The average Bonchev–Trinajstić information content (AvgIpc) is 2.65. The highest BCUT2D eigenvalue weighted by atomic mass is 16.5. The number of aromatic nitrogens is 1. The summed E-state index contributed by atoms with van der Waals surface area (Å²) < 4.78 is 5.77. The molecule has 3 N–H and O–H groups in total. The average molecular weight is 397 g/mol. The van der Waals surface area contributed by atoms with E-state index in [1.807, 2.05) is 0 Å². The van der Waals surface area contributed by atoms with E-state index in [2.05, 4.69) is 15.6 Å². The smallest absolute Gasteiger partial charge is 0.303 e. The monoisotopic (exact) mass is 397 g/mol. The number of nitrogens with zero attached hydrogens (tertiary/aromatic N) is 1. The molecule has 1 aromatic carbocycles. The molecule has 1 aromatic heterocycles. The molecule has 3 rings (SSSR count). The minimum Gasteiger partial charge on any atom is -0.481 e. The first-order valence-electron chi connectivity index (χ1n) is 9.37. The molecule has 2 amide bonds. The van der Waals surface area contributed by atoms with Gasteiger partial charge < -0.3 is 20.5 Å². The van der Waals surface area contributed by atoms with Gasteiger partial charge >= 0.3 is 5.97 Å². The van der Waals surface area contributed by atoms with E-state index in [0.29, 0.717) is 17.2 Å². The Morgan fingerprint density at radius 3 is 2.55 bits per heavy atom. The second-order valence-electron chi connectivity index (χ2n) is 7.23. The number of carbonyl (C=O) groups is 3. The first-order valence-corrected chi connectivity index (χ1v) is 9.37. The quantitative estimate of drug-likeness (QED) is 0.630. The Labute approximate surface area is 168 Å². The van der Waals surface area contributed by atoms with Crippen molar-refractivity contribution >= 4 is 23.5 Å². The summed E-state index contributed by atoms with van der Waals surface area (Å²) in [7, 11) is 1.52. The summed E-state index contributed by atoms with van der Waals surface area (Å²) in [5.74, 6) is -0.476. The van der Waals surface area contributed by atoms with Crippen LogP contribution in [0.2, 0.25) is 0 Å². The van der Waals surface area contributed by atoms with Gasteiger partial charge in [0.25, 0.3) is 5.91 Å². The highest BCUT2D eigenvalue weighted by Crippen LogP contribution is 2.47. The first-order chi connectivity index (χ1) is 13.9. The number of hydrogen-bond acceptors (Lipinski definition) is 5. The lowest BCUT2D eigenvalue weighted by molar-refractivity contribution is -0.142. The summed E-state index contributed by atoms with van der Waals surface area (Å²) >= 11 is 0. The van der Waals surface area contributed by atoms with E-state index in [1.165, 1.54) is 19.3 Å². The Hall–Kier alpha value is -3.42. The number of ether oxygens (including phenoxy) is 1. The third-order valence-electron chi connectivity index (χ3n) is 5.02. The lowest BCUT2D eigenvalue weighted by Crippen LogP contribution is -2.36. The molecule has 0 aliphatic heterocycles. The van der Waals surface area contributed by atoms with Crippen LogP contribution in [0.4, 0.5) is 5.69 Å². The zero-order valence-electron chi connectivity index (χ0n) is 16.1. The third kappa shape index (κ3) is 5.31. The van der Waals surface area contributed by atoms with Crippen molar-refractivity contribution in [3.8, 4) is 11.5 Å². The minimum atomic E-state index is -0.874. The fourth-order valence-corrected chi connectivity index (χ4v) is 3.46. The van der Waals surface area contributed by atoms with Gasteiger partial charge in [0.15, 0.2) is 0 Å². The fraction of sp³-hybridized carbons (Fsp3) is 0.333. The van der Waals surface area contributed by atoms with E-state index in [4.69, 9.17) is 9.84 Å². The van der Waals surface area contributed by atoms with Crippen molar-refractivity contribution in [3.63, 3.8) is 0 Å². The van der Waals surface area contributed by atoms with Crippen molar-refractivity contribution in [1.29, 1.82) is 0 Å². The molecular weight excluding hydrogens is 374 g/mol. The number of hydrogen-bond donors (Lipinski definition) is 3. The molecule has 0 radical (unpaired) electrons. The standard InChI is InChI=1S/C21H23N3O5/c1-22-20(28)17-11-16(6-9-23-17)29-15-5-2-4-14(10-15)24-18(25)12-21(7-3-8-21)13-19(26)27/h2,4-6,9-11H,3,7-8,12-13H2,1H3,(H,22,28)(H,24,25)(H,26,27). The van der Waals surface area contributed by atoms with Crippen molar-refractivity contribution in [2.75, 3.05) is 12.4 Å². The fourth-order valence-electron chi connectivity index (χ4n) is 3.46. The van der Waals surface area contributed by atoms with Crippen LogP contribution in [0.1, 0.15) is 42.6 Å². The van der Waals surface area contributed by atoms with Crippen LogP contribution >= 0.6 is 0 Å². The Morgan fingerprint density at radius 1 is 1.14 bits per heavy atom. The van der Waals surface area contributed by atoms with Gasteiger partial charge in [-0.25, -0.2) is 0 Å². The maximum absolute atomic E-state index is 12.4. The van der Waals surface area contributed by atoms with Gasteiger partial charge in [-0.05, 0) is 36.5 Å². The molecule has 1 heterocycles. The first kappa shape index (κ1) is 20.3. The van der Waals surface area contributed by atoms with E-state index < -0.39 is 11.4 Å². The molecule has 1 aliphatic carbocycles. The van der Waals surface area contributed by atoms with Crippen LogP contribution in [0.5, 0.6) is 11.5 Å². The zero-order valence-corrected chi connectivity index (χ0v) is 16.1. The Kier molecular flexibility index (Phi) is 6.11. The molecule has 1 saturated carbocycles. The number of amides is 2. The summed E-state index contributed by atoms with van der Waals surface area (Å²) in [6.45, 7) is 0. The molecule has 0 unspecified atom stereocenters. The third-order valence-corrected chi connectivity index (χ3v) is 5.02. The maximum Gasteiger partial charge on any atom is 0.303 e. The molecule has 0 bridgehead atoms. The number of carbonyl (C=O) groups excluding carboxylic acids is 2. The van der Waals surface area contributed by atoms with E-state index in [9.17, 15) is 14.4 Å². The zero-order chi connectivity index (χ0) is 20.9. The van der Waals surface area contributed by atoms with E-state index in [0.717, 1.165) is 19.3 Å². The second kappa shape index (κ2) is 8.72. The lowest BCUT2D eigenvalue weighted by Gasteiger charge is -2.40. The van der Waals surface area contributed by atoms with Crippen LogP contribution in [0.25, 0.3) is 0 Å². The van der Waals surface area contributed by atoms with Gasteiger partial charge in [-0.1, -0.05) is 12.5 Å². The largest absolute Gasteiger partial charge is 0.481 e. The molecule has 0 atom stereocenters. The van der Waals surface area contributed by atoms with Gasteiger partial charge in [-0.2, -0.15) is 0 Å². The Bertz CT molecular complexity index is 924. The molecule has 29 heavy (non-hydrogen) atoms. The molecule has 0 saturated heterocycles. The molecule has 1 fully saturated rings. The predicted molar refractivity (Wildman–Crippen MR) is 106 cm³/mol. The van der Waals surface area contributed by atoms with Gasteiger partial charge in [0.1, 0.15) is 17.2 Å². The number of benzene rings is 1. The minimum absolute atomic E-state index is 0.0132. The summed E-state index contributed by atoms with van der Waals surface area (Å²) in [5, 5.41) is 14.4. The van der Waals surface area contributed by atoms with Crippen molar-refractivity contribution in [2.24, 2.45) is 5.41 Å². The SMILES string of the molecule is CNC(=O)c1cc(Oc2cccc(NC(=O)CC3(CC(=O)O)CCC3)c2)ccn1. The summed E-state index contributed by atoms with van der Waals surface area (Å²) in [5.41, 5.74) is 0.355. The number of carboxylic acids is 1. The maximum atomic E-state index is 12.4. The van der Waals surface area contributed by atoms with Gasteiger partial charge in [-0.3, -0.25) is 19.4 Å². The van der Waals surface area contributed by atoms with Crippen molar-refractivity contribution < 1.29 is 24.2 Å². The normalized spacial score (nSPS) is 14.4. The van der Waals surface area contributed by atoms with Crippen molar-refractivity contribution in [2.45, 2.75) is 32.1 Å². The number of aliphatic carboxylic acids is 1. The van der Waals surface area contributed by atoms with Gasteiger partial charge in [-0.15, -0.1) is 0 Å². The van der Waals surface area contributed by atoms with Crippen LogP contribution in [-0.2, 0) is 9.59 Å². The topological polar surface area (TPSA) is 118 Å². The highest BCUT2D eigenvalue weighted by Gasteiger charge is 2.40. The van der Waals surface area contributed by atoms with Crippen LogP contribution in [0.3, 0.4) is 0 Å². The van der Waals surface area contributed by atoms with Crippen molar-refractivity contribution in [3.05, 3.63) is 48.3 Å². The molecule has 2 aromatic rings. The van der Waals surface area contributed by atoms with E-state index >= 15 is 0 Å². The number of carboxylic acid groups (broad SMARTS) is 1. The molecule has 8 nitrogen and oxygen atoms in total. The van der Waals surface area contributed by atoms with Crippen LogP contribution in [0, 0.1) is 5.41 Å². The number of rotatable bonds is 8. The summed E-state index contributed by atoms with van der Waals surface area (Å²) in [6, 6.07) is 10.0. The Morgan fingerprint density at radius 2 is 1.90 bits per heavy atom. The predicted octanol–water partition coefficient (Wildman–Crippen LogP) is 3.21. The number of nitrogens with one attached hydrogen (secondary N) is 2. The van der Waals surface area contributed by atoms with E-state index in [-0.39, 0.29) is 30.3 Å². The lowest BCUT2D eigenvalue weighted by atomic mass is 9.64. The molecule has 152 valence electrons. The molecule has 0 spiro atoms. The molecular formula is C21H23N3O5. The van der Waals surface area contributed by atoms with Crippen LogP contribution in [-0.4, -0.2) is 34.9 Å². The molecule has 8 heteroatoms.